The molecule has 3 rings (SSSR count). The highest BCUT2D eigenvalue weighted by atomic mass is 32.2. The topological polar surface area (TPSA) is 77.8 Å². The summed E-state index contributed by atoms with van der Waals surface area (Å²) in [5.74, 6) is 1.79. The number of aromatic nitrogens is 3. The second-order valence-corrected chi connectivity index (χ2v) is 5.60. The van der Waals surface area contributed by atoms with Gasteiger partial charge in [-0.05, 0) is 25.1 Å². The molecule has 0 unspecified atom stereocenters. The number of benzene rings is 1. The molecule has 5 nitrogen and oxygen atoms in total. The van der Waals surface area contributed by atoms with Crippen molar-refractivity contribution in [3.63, 3.8) is 0 Å². The predicted molar refractivity (Wildman–Crippen MR) is 82.7 cm³/mol. The van der Waals surface area contributed by atoms with E-state index in [1.54, 1.807) is 24.2 Å². The Balaban J connectivity index is 1.72. The lowest BCUT2D eigenvalue weighted by Crippen LogP contribution is -1.90. The van der Waals surface area contributed by atoms with E-state index in [1.165, 1.54) is 0 Å². The molecule has 0 atom stereocenters. The summed E-state index contributed by atoms with van der Waals surface area (Å²) in [6.07, 6.45) is 3.35. The molecule has 0 radical (unpaired) electrons. The number of thioether (sulfide) groups is 1. The molecule has 0 aliphatic carbocycles. The van der Waals surface area contributed by atoms with Gasteiger partial charge >= 0.3 is 0 Å². The first-order valence-electron chi connectivity index (χ1n) is 6.44. The highest BCUT2D eigenvalue weighted by Crippen LogP contribution is 2.27. The third-order valence-corrected chi connectivity index (χ3v) is 3.99. The van der Waals surface area contributed by atoms with Crippen LogP contribution in [-0.4, -0.2) is 15.1 Å². The largest absolute Gasteiger partial charge is 0.397 e. The molecular formula is C15H14N4OS. The van der Waals surface area contributed by atoms with E-state index in [-0.39, 0.29) is 0 Å². The van der Waals surface area contributed by atoms with Gasteiger partial charge in [-0.2, -0.15) is 4.98 Å². The molecule has 2 N–H and O–H groups in total. The number of pyridine rings is 1. The van der Waals surface area contributed by atoms with Gasteiger partial charge in [-0.25, -0.2) is 0 Å². The number of nitrogens with two attached hydrogens (primary N) is 1. The van der Waals surface area contributed by atoms with Gasteiger partial charge in [-0.3, -0.25) is 4.98 Å². The first-order valence-corrected chi connectivity index (χ1v) is 7.43. The molecule has 3 aromatic rings. The van der Waals surface area contributed by atoms with Crippen LogP contribution in [0.3, 0.4) is 0 Å². The number of nitrogen functional groups attached to an aromatic ring is 1. The third-order valence-electron chi connectivity index (χ3n) is 2.90. The summed E-state index contributed by atoms with van der Waals surface area (Å²) in [6.45, 7) is 2.03. The summed E-state index contributed by atoms with van der Waals surface area (Å²) in [5.41, 5.74) is 8.60. The Labute approximate surface area is 126 Å². The minimum absolute atomic E-state index is 0.539. The van der Waals surface area contributed by atoms with Crippen LogP contribution in [0.1, 0.15) is 11.4 Å². The minimum atomic E-state index is 0.539. The summed E-state index contributed by atoms with van der Waals surface area (Å²) in [4.78, 5) is 9.34. The van der Waals surface area contributed by atoms with Crippen molar-refractivity contribution in [3.05, 3.63) is 54.1 Å². The highest BCUT2D eigenvalue weighted by Gasteiger charge is 2.10. The first kappa shape index (κ1) is 13.6. The fourth-order valence-electron chi connectivity index (χ4n) is 1.88. The van der Waals surface area contributed by atoms with Gasteiger partial charge in [0.1, 0.15) is 0 Å². The van der Waals surface area contributed by atoms with E-state index >= 15 is 0 Å². The summed E-state index contributed by atoms with van der Waals surface area (Å²) >= 11 is 1.56. The number of anilines is 1. The maximum atomic E-state index is 5.85. The van der Waals surface area contributed by atoms with Crippen molar-refractivity contribution in [2.75, 3.05) is 5.73 Å². The molecule has 0 fully saturated rings. The quantitative estimate of drug-likeness (QED) is 0.744. The zero-order valence-corrected chi connectivity index (χ0v) is 12.3. The first-order chi connectivity index (χ1) is 10.2. The molecule has 0 spiro atoms. The van der Waals surface area contributed by atoms with Gasteiger partial charge < -0.3 is 10.3 Å². The molecule has 106 valence electrons. The lowest BCUT2D eigenvalue weighted by atomic mass is 10.1. The van der Waals surface area contributed by atoms with Gasteiger partial charge in [0.15, 0.2) is 5.82 Å². The number of hydrogen-bond donors (Lipinski definition) is 1. The standard InChI is InChI=1S/C15H14N4OS/c1-10-3-2-4-11(7-10)15-18-14(19-20-15)9-21-13-5-6-17-8-12(13)16/h2-8H,9,16H2,1H3. The van der Waals surface area contributed by atoms with Crippen molar-refractivity contribution in [2.45, 2.75) is 17.6 Å². The maximum absolute atomic E-state index is 5.85. The Morgan fingerprint density at radius 1 is 1.29 bits per heavy atom. The van der Waals surface area contributed by atoms with Gasteiger partial charge in [-0.1, -0.05) is 22.9 Å². The molecule has 0 aliphatic rings. The van der Waals surface area contributed by atoms with Crippen molar-refractivity contribution in [3.8, 4) is 11.5 Å². The summed E-state index contributed by atoms with van der Waals surface area (Å²) in [7, 11) is 0. The molecule has 21 heavy (non-hydrogen) atoms. The maximum Gasteiger partial charge on any atom is 0.257 e. The van der Waals surface area contributed by atoms with Crippen LogP contribution in [-0.2, 0) is 5.75 Å². The molecule has 6 heteroatoms. The Morgan fingerprint density at radius 3 is 3.00 bits per heavy atom. The van der Waals surface area contributed by atoms with Gasteiger partial charge in [0, 0.05) is 16.7 Å². The number of rotatable bonds is 4. The van der Waals surface area contributed by atoms with Crippen molar-refractivity contribution in [1.29, 1.82) is 0 Å². The monoisotopic (exact) mass is 298 g/mol. The van der Waals surface area contributed by atoms with Gasteiger partial charge in [0.25, 0.3) is 5.89 Å². The van der Waals surface area contributed by atoms with E-state index in [4.69, 9.17) is 10.3 Å². The second-order valence-electron chi connectivity index (χ2n) is 4.59. The van der Waals surface area contributed by atoms with Gasteiger partial charge in [0.2, 0.25) is 0 Å². The number of hydrogen-bond acceptors (Lipinski definition) is 6. The Morgan fingerprint density at radius 2 is 2.19 bits per heavy atom. The molecule has 0 aliphatic heterocycles. The Kier molecular flexibility index (Phi) is 3.87. The summed E-state index contributed by atoms with van der Waals surface area (Å²) < 4.78 is 5.31. The van der Waals surface area contributed by atoms with E-state index in [0.717, 1.165) is 16.0 Å². The molecule has 0 saturated heterocycles. The molecule has 1 aromatic carbocycles. The van der Waals surface area contributed by atoms with E-state index in [9.17, 15) is 0 Å². The Hall–Kier alpha value is -2.34. The van der Waals surface area contributed by atoms with E-state index in [2.05, 4.69) is 15.1 Å². The average Bonchev–Trinajstić information content (AvgIpc) is 2.95. The van der Waals surface area contributed by atoms with Crippen LogP contribution in [0.5, 0.6) is 0 Å². The van der Waals surface area contributed by atoms with Crippen LogP contribution in [0, 0.1) is 6.92 Å². The van der Waals surface area contributed by atoms with Crippen molar-refractivity contribution >= 4 is 17.4 Å². The molecule has 0 saturated carbocycles. The van der Waals surface area contributed by atoms with Crippen LogP contribution in [0.15, 0.2) is 52.1 Å². The molecule has 0 bridgehead atoms. The van der Waals surface area contributed by atoms with Crippen LogP contribution in [0.2, 0.25) is 0 Å². The molecular weight excluding hydrogens is 284 g/mol. The number of nitrogens with zero attached hydrogens (tertiary/aromatic N) is 3. The SMILES string of the molecule is Cc1cccc(-c2nc(CSc3ccncc3N)no2)c1. The third kappa shape index (κ3) is 3.22. The fourth-order valence-corrected chi connectivity index (χ4v) is 2.65. The van der Waals surface area contributed by atoms with E-state index in [0.29, 0.717) is 23.2 Å². The molecule has 2 aromatic heterocycles. The van der Waals surface area contributed by atoms with Gasteiger partial charge in [0.05, 0.1) is 17.6 Å². The highest BCUT2D eigenvalue weighted by molar-refractivity contribution is 7.98. The lowest BCUT2D eigenvalue weighted by Gasteiger charge is -2.01. The second kappa shape index (κ2) is 5.97. The smallest absolute Gasteiger partial charge is 0.257 e. The fraction of sp³-hybridized carbons (Fsp3) is 0.133. The lowest BCUT2D eigenvalue weighted by molar-refractivity contribution is 0.425. The summed E-state index contributed by atoms with van der Waals surface area (Å²) in [6, 6.07) is 9.86. The summed E-state index contributed by atoms with van der Waals surface area (Å²) in [5, 5.41) is 4.00. The van der Waals surface area contributed by atoms with Crippen LogP contribution < -0.4 is 5.73 Å². The average molecular weight is 298 g/mol. The molecule has 0 amide bonds. The van der Waals surface area contributed by atoms with E-state index < -0.39 is 0 Å². The van der Waals surface area contributed by atoms with E-state index in [1.807, 2.05) is 37.3 Å². The molecule has 2 heterocycles. The predicted octanol–water partition coefficient (Wildman–Crippen LogP) is 3.31. The number of aryl methyl sites for hydroxylation is 1. The minimum Gasteiger partial charge on any atom is -0.397 e. The zero-order valence-electron chi connectivity index (χ0n) is 11.5. The van der Waals surface area contributed by atoms with Crippen molar-refractivity contribution < 1.29 is 4.52 Å². The van der Waals surface area contributed by atoms with Crippen LogP contribution in [0.25, 0.3) is 11.5 Å². The van der Waals surface area contributed by atoms with Gasteiger partial charge in [-0.15, -0.1) is 11.8 Å². The Bertz CT molecular complexity index is 757. The van der Waals surface area contributed by atoms with Crippen molar-refractivity contribution in [1.82, 2.24) is 15.1 Å². The van der Waals surface area contributed by atoms with Crippen LogP contribution in [0.4, 0.5) is 5.69 Å². The van der Waals surface area contributed by atoms with Crippen LogP contribution >= 0.6 is 11.8 Å². The normalized spacial score (nSPS) is 10.7. The zero-order chi connectivity index (χ0) is 14.7. The van der Waals surface area contributed by atoms with Crippen molar-refractivity contribution in [2.24, 2.45) is 0 Å².